The van der Waals surface area contributed by atoms with Crippen LogP contribution >= 0.6 is 0 Å². The van der Waals surface area contributed by atoms with E-state index in [-0.39, 0.29) is 5.96 Å². The molecule has 0 radical (unpaired) electrons. The van der Waals surface area contributed by atoms with E-state index in [1.54, 1.807) is 24.3 Å². The highest BCUT2D eigenvalue weighted by molar-refractivity contribution is 7.85. The van der Waals surface area contributed by atoms with Crippen molar-refractivity contribution in [2.24, 2.45) is 5.73 Å². The molecule has 0 unspecified atom stereocenters. The van der Waals surface area contributed by atoms with Gasteiger partial charge in [0.1, 0.15) is 0 Å². The van der Waals surface area contributed by atoms with Crippen LogP contribution in [0, 0.1) is 5.41 Å². The van der Waals surface area contributed by atoms with Gasteiger partial charge in [0, 0.05) is 11.8 Å². The predicted octanol–water partition coefficient (Wildman–Crippen LogP) is 0.594. The number of benzene rings is 1. The van der Waals surface area contributed by atoms with Crippen LogP contribution in [0.4, 0.5) is 5.69 Å². The molecule has 1 aromatic carbocycles. The molecule has 8 nitrogen and oxygen atoms in total. The van der Waals surface area contributed by atoms with E-state index in [0.717, 1.165) is 11.6 Å². The van der Waals surface area contributed by atoms with Crippen molar-refractivity contribution in [3.05, 3.63) is 35.9 Å². The molecule has 0 saturated heterocycles. The first-order valence-electron chi connectivity index (χ1n) is 5.12. The largest absolute Gasteiger partial charge is 0.478 e. The van der Waals surface area contributed by atoms with Crippen molar-refractivity contribution in [2.75, 3.05) is 11.6 Å². The van der Waals surface area contributed by atoms with Crippen LogP contribution in [-0.4, -0.2) is 36.3 Å². The van der Waals surface area contributed by atoms with Gasteiger partial charge in [-0.2, -0.15) is 8.42 Å². The lowest BCUT2D eigenvalue weighted by Crippen LogP contribution is -2.20. The summed E-state index contributed by atoms with van der Waals surface area (Å²) in [7, 11) is -3.67. The van der Waals surface area contributed by atoms with Crippen molar-refractivity contribution in [1.82, 2.24) is 0 Å². The van der Waals surface area contributed by atoms with Crippen LogP contribution < -0.4 is 11.1 Å². The molecule has 20 heavy (non-hydrogen) atoms. The van der Waals surface area contributed by atoms with Crippen LogP contribution in [0.25, 0.3) is 6.08 Å². The molecule has 0 aliphatic rings. The Labute approximate surface area is 116 Å². The van der Waals surface area contributed by atoms with Gasteiger partial charge in [0.2, 0.25) is 0 Å². The molecule has 0 fully saturated rings. The average Bonchev–Trinajstić information content (AvgIpc) is 2.25. The summed E-state index contributed by atoms with van der Waals surface area (Å²) in [5, 5.41) is 18.0. The molecule has 0 aromatic heterocycles. The van der Waals surface area contributed by atoms with Gasteiger partial charge >= 0.3 is 5.97 Å². The average molecular weight is 301 g/mol. The number of hydrogen-bond donors (Lipinski definition) is 5. The molecule has 110 valence electrons. The maximum atomic E-state index is 10.2. The Balaban J connectivity index is 0.000000621. The molecule has 1 aromatic rings. The van der Waals surface area contributed by atoms with Gasteiger partial charge in [-0.05, 0) is 23.8 Å². The molecule has 9 heteroatoms. The fourth-order valence-corrected chi connectivity index (χ4v) is 1.00. The zero-order chi connectivity index (χ0) is 15.8. The lowest BCUT2D eigenvalue weighted by molar-refractivity contribution is -0.131. The predicted molar refractivity (Wildman–Crippen MR) is 76.1 cm³/mol. The van der Waals surface area contributed by atoms with Crippen molar-refractivity contribution >= 4 is 33.8 Å². The second kappa shape index (κ2) is 7.92. The van der Waals surface area contributed by atoms with Crippen molar-refractivity contribution in [2.45, 2.75) is 0 Å². The molecular weight excluding hydrogens is 286 g/mol. The van der Waals surface area contributed by atoms with E-state index < -0.39 is 16.1 Å². The van der Waals surface area contributed by atoms with E-state index in [4.69, 9.17) is 20.8 Å². The van der Waals surface area contributed by atoms with Crippen LogP contribution in [0.3, 0.4) is 0 Å². The molecule has 1 rings (SSSR count). The molecule has 6 N–H and O–H groups in total. The SMILES string of the molecule is CS(=O)(=O)O.N=C(N)Nc1ccc(C=CC(=O)O)cc1. The van der Waals surface area contributed by atoms with Crippen molar-refractivity contribution in [3.8, 4) is 0 Å². The monoisotopic (exact) mass is 301 g/mol. The van der Waals surface area contributed by atoms with E-state index in [0.29, 0.717) is 11.9 Å². The highest BCUT2D eigenvalue weighted by atomic mass is 32.2. The van der Waals surface area contributed by atoms with Gasteiger partial charge in [-0.3, -0.25) is 9.96 Å². The highest BCUT2D eigenvalue weighted by Gasteiger charge is 1.93. The highest BCUT2D eigenvalue weighted by Crippen LogP contribution is 2.10. The topological polar surface area (TPSA) is 154 Å². The fourth-order valence-electron chi connectivity index (χ4n) is 1.00. The molecular formula is C11H15N3O5S. The zero-order valence-corrected chi connectivity index (χ0v) is 11.4. The minimum atomic E-state index is -3.67. The Bertz CT molecular complexity index is 585. The van der Waals surface area contributed by atoms with E-state index in [2.05, 4.69) is 5.32 Å². The third-order valence-electron chi connectivity index (χ3n) is 1.61. The van der Waals surface area contributed by atoms with Gasteiger partial charge in [-0.15, -0.1) is 0 Å². The molecule has 0 spiro atoms. The third-order valence-corrected chi connectivity index (χ3v) is 1.61. The molecule has 0 heterocycles. The van der Waals surface area contributed by atoms with Gasteiger partial charge < -0.3 is 16.2 Å². The summed E-state index contributed by atoms with van der Waals surface area (Å²) in [6.07, 6.45) is 3.26. The van der Waals surface area contributed by atoms with Gasteiger partial charge in [-0.1, -0.05) is 12.1 Å². The molecule has 0 saturated carbocycles. The smallest absolute Gasteiger partial charge is 0.328 e. The Morgan fingerprint density at radius 2 is 1.80 bits per heavy atom. The van der Waals surface area contributed by atoms with Gasteiger partial charge in [0.15, 0.2) is 5.96 Å². The third kappa shape index (κ3) is 12.1. The maximum absolute atomic E-state index is 10.2. The number of guanidine groups is 1. The second-order valence-corrected chi connectivity index (χ2v) is 5.03. The summed E-state index contributed by atoms with van der Waals surface area (Å²) in [5.74, 6) is -1.12. The van der Waals surface area contributed by atoms with Crippen LogP contribution in [0.2, 0.25) is 0 Å². The first kappa shape index (κ1) is 17.6. The van der Waals surface area contributed by atoms with Crippen LogP contribution in [0.1, 0.15) is 5.56 Å². The van der Waals surface area contributed by atoms with Gasteiger partial charge in [-0.25, -0.2) is 4.79 Å². The Kier molecular flexibility index (Phi) is 6.97. The summed E-state index contributed by atoms with van der Waals surface area (Å²) >= 11 is 0. The first-order chi connectivity index (χ1) is 9.08. The lowest BCUT2D eigenvalue weighted by Gasteiger charge is -2.02. The van der Waals surface area contributed by atoms with Crippen molar-refractivity contribution < 1.29 is 22.9 Å². The summed E-state index contributed by atoms with van der Waals surface area (Å²) in [5.41, 5.74) is 6.60. The van der Waals surface area contributed by atoms with Crippen LogP contribution in [0.5, 0.6) is 0 Å². The van der Waals surface area contributed by atoms with E-state index in [1.165, 1.54) is 6.08 Å². The molecule has 0 amide bonds. The molecule has 0 bridgehead atoms. The zero-order valence-electron chi connectivity index (χ0n) is 10.6. The quantitative estimate of drug-likeness (QED) is 0.237. The van der Waals surface area contributed by atoms with E-state index in [1.807, 2.05) is 0 Å². The Hall–Kier alpha value is -2.39. The standard InChI is InChI=1S/C10H11N3O2.CH4O3S/c11-10(12)13-8-4-1-7(2-5-8)3-6-9(14)15;1-5(2,3)4/h1-6H,(H,14,15)(H4,11,12,13);1H3,(H,2,3,4). The summed E-state index contributed by atoms with van der Waals surface area (Å²) in [6.45, 7) is 0. The van der Waals surface area contributed by atoms with Crippen molar-refractivity contribution in [1.29, 1.82) is 5.41 Å². The summed E-state index contributed by atoms with van der Waals surface area (Å²) in [6, 6.07) is 6.88. The Morgan fingerprint density at radius 3 is 2.15 bits per heavy atom. The number of hydrogen-bond acceptors (Lipinski definition) is 4. The number of nitrogens with two attached hydrogens (primary N) is 1. The Morgan fingerprint density at radius 1 is 1.35 bits per heavy atom. The van der Waals surface area contributed by atoms with E-state index >= 15 is 0 Å². The maximum Gasteiger partial charge on any atom is 0.328 e. The number of anilines is 1. The number of carbonyl (C=O) groups is 1. The molecule has 0 aliphatic carbocycles. The number of carboxylic acids is 1. The molecule has 0 aliphatic heterocycles. The molecule has 0 atom stereocenters. The number of carboxylic acid groups (broad SMARTS) is 1. The summed E-state index contributed by atoms with van der Waals surface area (Å²) < 4.78 is 25.9. The lowest BCUT2D eigenvalue weighted by atomic mass is 10.2. The minimum Gasteiger partial charge on any atom is -0.478 e. The number of aliphatic carboxylic acids is 1. The summed E-state index contributed by atoms with van der Waals surface area (Å²) in [4.78, 5) is 10.2. The van der Waals surface area contributed by atoms with Crippen LogP contribution in [0.15, 0.2) is 30.3 Å². The first-order valence-corrected chi connectivity index (χ1v) is 6.97. The van der Waals surface area contributed by atoms with Crippen molar-refractivity contribution in [3.63, 3.8) is 0 Å². The number of nitrogens with one attached hydrogen (secondary N) is 2. The van der Waals surface area contributed by atoms with Gasteiger partial charge in [0.25, 0.3) is 10.1 Å². The normalized spacial score (nSPS) is 10.5. The minimum absolute atomic E-state index is 0.135. The second-order valence-electron chi connectivity index (χ2n) is 3.57. The van der Waals surface area contributed by atoms with Gasteiger partial charge in [0.05, 0.1) is 6.26 Å². The fraction of sp³-hybridized carbons (Fsp3) is 0.0909. The van der Waals surface area contributed by atoms with Crippen LogP contribution in [-0.2, 0) is 14.9 Å². The number of rotatable bonds is 3. The van der Waals surface area contributed by atoms with E-state index in [9.17, 15) is 13.2 Å².